The predicted octanol–water partition coefficient (Wildman–Crippen LogP) is 5.20. The molecule has 0 saturated carbocycles. The molecule has 0 saturated heterocycles. The number of carboxylic acid groups (broad SMARTS) is 1. The lowest BCUT2D eigenvalue weighted by Gasteiger charge is -2.00. The summed E-state index contributed by atoms with van der Waals surface area (Å²) in [5.41, 5.74) is 5.27. The third-order valence-corrected chi connectivity index (χ3v) is 4.56. The summed E-state index contributed by atoms with van der Waals surface area (Å²) in [6.07, 6.45) is -0.375. The van der Waals surface area contributed by atoms with E-state index >= 15 is 0 Å². The zero-order chi connectivity index (χ0) is 23.5. The van der Waals surface area contributed by atoms with Gasteiger partial charge in [-0.25, -0.2) is 14.8 Å². The van der Waals surface area contributed by atoms with Gasteiger partial charge in [-0.15, -0.1) is 6.58 Å². The molecule has 3 heterocycles. The first kappa shape index (κ1) is 22.7. The Labute approximate surface area is 180 Å². The highest BCUT2D eigenvalue weighted by Crippen LogP contribution is 2.29. The number of carbonyl (C=O) groups is 2. The van der Waals surface area contributed by atoms with Crippen molar-refractivity contribution in [3.8, 4) is 11.3 Å². The predicted molar refractivity (Wildman–Crippen MR) is 113 cm³/mol. The molecule has 3 N–H and O–H groups in total. The Hall–Kier alpha value is -3.95. The summed E-state index contributed by atoms with van der Waals surface area (Å²) < 4.78 is 31.7. The third kappa shape index (κ3) is 5.02. The van der Waals surface area contributed by atoms with Crippen molar-refractivity contribution in [3.05, 3.63) is 60.6 Å². The zero-order valence-corrected chi connectivity index (χ0v) is 17.0. The fourth-order valence-corrected chi connectivity index (χ4v) is 3.07. The van der Waals surface area contributed by atoms with Crippen LogP contribution in [0.2, 0.25) is 0 Å². The van der Waals surface area contributed by atoms with Crippen molar-refractivity contribution in [3.63, 3.8) is 0 Å². The van der Waals surface area contributed by atoms with Crippen molar-refractivity contribution in [2.24, 2.45) is 0 Å². The minimum absolute atomic E-state index is 0.133. The molecule has 32 heavy (non-hydrogen) atoms. The first-order valence-electron chi connectivity index (χ1n) is 9.49. The lowest BCUT2D eigenvalue weighted by atomic mass is 10.1. The number of nitrogens with zero attached hydrogens (tertiary/aromatic N) is 2. The maximum absolute atomic E-state index is 12.2. The van der Waals surface area contributed by atoms with Gasteiger partial charge in [0.1, 0.15) is 5.82 Å². The number of benzene rings is 1. The van der Waals surface area contributed by atoms with Crippen LogP contribution in [0.1, 0.15) is 29.0 Å². The van der Waals surface area contributed by atoms with E-state index in [4.69, 9.17) is 9.90 Å². The third-order valence-electron chi connectivity index (χ3n) is 4.56. The van der Waals surface area contributed by atoms with Crippen molar-refractivity contribution in [2.75, 3.05) is 0 Å². The van der Waals surface area contributed by atoms with Gasteiger partial charge in [0.05, 0.1) is 5.52 Å². The Morgan fingerprint density at radius 3 is 2.56 bits per heavy atom. The number of carbonyl (C=O) groups excluding carboxylic acids is 1. The Kier molecular flexibility index (Phi) is 6.42. The van der Waals surface area contributed by atoms with Gasteiger partial charge in [-0.3, -0.25) is 4.79 Å². The van der Waals surface area contributed by atoms with E-state index in [1.807, 2.05) is 31.2 Å². The number of imidazole rings is 1. The van der Waals surface area contributed by atoms with E-state index in [2.05, 4.69) is 32.6 Å². The molecule has 1 aromatic carbocycles. The van der Waals surface area contributed by atoms with E-state index in [0.717, 1.165) is 39.1 Å². The van der Waals surface area contributed by atoms with Gasteiger partial charge < -0.3 is 15.1 Å². The molecule has 0 amide bonds. The largest absolute Gasteiger partial charge is 0.490 e. The van der Waals surface area contributed by atoms with Gasteiger partial charge >= 0.3 is 12.1 Å². The first-order chi connectivity index (χ1) is 15.1. The summed E-state index contributed by atoms with van der Waals surface area (Å²) in [6, 6.07) is 9.82. The number of allylic oxidation sites excluding steroid dienone is 1. The molecule has 3 aromatic heterocycles. The zero-order valence-electron chi connectivity index (χ0n) is 17.0. The van der Waals surface area contributed by atoms with E-state index in [9.17, 15) is 18.0 Å². The van der Waals surface area contributed by atoms with Crippen LogP contribution in [0.15, 0.2) is 49.2 Å². The van der Waals surface area contributed by atoms with Crippen LogP contribution in [-0.4, -0.2) is 43.0 Å². The molecule has 0 bridgehead atoms. The van der Waals surface area contributed by atoms with Crippen LogP contribution in [0.3, 0.4) is 0 Å². The van der Waals surface area contributed by atoms with Crippen LogP contribution in [-0.2, 0) is 4.79 Å². The number of alkyl halides is 3. The van der Waals surface area contributed by atoms with Gasteiger partial charge in [0.2, 0.25) is 0 Å². The van der Waals surface area contributed by atoms with E-state index in [0.29, 0.717) is 18.5 Å². The van der Waals surface area contributed by atoms with Crippen LogP contribution < -0.4 is 0 Å². The summed E-state index contributed by atoms with van der Waals surface area (Å²) in [7, 11) is 0. The van der Waals surface area contributed by atoms with Crippen LogP contribution in [0.25, 0.3) is 33.3 Å². The molecule has 10 heteroatoms. The maximum atomic E-state index is 12.2. The van der Waals surface area contributed by atoms with Gasteiger partial charge in [0.25, 0.3) is 0 Å². The molecule has 0 aliphatic carbocycles. The van der Waals surface area contributed by atoms with Gasteiger partial charge in [-0.1, -0.05) is 18.2 Å². The van der Waals surface area contributed by atoms with Crippen molar-refractivity contribution in [2.45, 2.75) is 25.9 Å². The molecule has 0 aliphatic heterocycles. The van der Waals surface area contributed by atoms with Gasteiger partial charge in [0.15, 0.2) is 11.4 Å². The number of hydrogen-bond donors (Lipinski definition) is 3. The molecule has 0 fully saturated rings. The van der Waals surface area contributed by atoms with Crippen molar-refractivity contribution < 1.29 is 27.9 Å². The summed E-state index contributed by atoms with van der Waals surface area (Å²) in [5, 5.41) is 8.19. The number of fused-ring (bicyclic) bond motifs is 2. The van der Waals surface area contributed by atoms with Crippen molar-refractivity contribution in [1.29, 1.82) is 0 Å². The summed E-state index contributed by atoms with van der Waals surface area (Å²) in [4.78, 5) is 36.5. The van der Waals surface area contributed by atoms with Crippen LogP contribution in [0, 0.1) is 6.92 Å². The number of aromatic amines is 2. The Morgan fingerprint density at radius 1 is 1.19 bits per heavy atom. The minimum atomic E-state index is -5.08. The molecule has 0 aliphatic rings. The molecule has 4 rings (SSSR count). The molecule has 166 valence electrons. The second-order valence-corrected chi connectivity index (χ2v) is 6.92. The number of pyridine rings is 1. The standard InChI is InChI=1S/C20H18N4O.C2HF3O2/c1-3-4-5-18(25)14-7-6-13-10-17(24-16(13)11-14)15-8-9-21-20-19(15)22-12(2)23-20;3-2(4,5)1(6)7/h3,6-11,24H,1,4-5H2,2H3,(H,21,22,23);(H,6,7). The number of H-pyrrole nitrogens is 2. The number of halogens is 3. The highest BCUT2D eigenvalue weighted by atomic mass is 19.4. The summed E-state index contributed by atoms with van der Waals surface area (Å²) in [5.74, 6) is -1.79. The van der Waals surface area contributed by atoms with Crippen LogP contribution in [0.4, 0.5) is 13.2 Å². The number of Topliss-reactive ketones (excluding diaryl/α,β-unsaturated/α-hetero) is 1. The molecule has 0 atom stereocenters. The topological polar surface area (TPSA) is 112 Å². The number of nitrogens with one attached hydrogen (secondary N) is 2. The van der Waals surface area contributed by atoms with Crippen LogP contribution in [0.5, 0.6) is 0 Å². The second kappa shape index (κ2) is 9.04. The number of aryl methyl sites for hydroxylation is 1. The monoisotopic (exact) mass is 444 g/mol. The maximum Gasteiger partial charge on any atom is 0.490 e. The van der Waals surface area contributed by atoms with Crippen LogP contribution >= 0.6 is 0 Å². The number of ketones is 1. The van der Waals surface area contributed by atoms with E-state index in [1.54, 1.807) is 12.3 Å². The highest BCUT2D eigenvalue weighted by Gasteiger charge is 2.38. The van der Waals surface area contributed by atoms with Crippen molar-refractivity contribution in [1.82, 2.24) is 19.9 Å². The SMILES string of the molecule is C=CCCC(=O)c1ccc2cc(-c3ccnc4nc(C)[nH]c34)[nH]c2c1.O=C(O)C(F)(F)F. The lowest BCUT2D eigenvalue weighted by Crippen LogP contribution is -2.21. The number of aliphatic carboxylic acids is 1. The van der Waals surface area contributed by atoms with E-state index in [-0.39, 0.29) is 5.78 Å². The Morgan fingerprint density at radius 2 is 1.91 bits per heavy atom. The molecular formula is C22H19F3N4O3. The number of carboxylic acids is 1. The minimum Gasteiger partial charge on any atom is -0.475 e. The fraction of sp³-hybridized carbons (Fsp3) is 0.182. The Bertz CT molecular complexity index is 1300. The molecule has 0 spiro atoms. The Balaban J connectivity index is 0.000000360. The average molecular weight is 444 g/mol. The molecule has 7 nitrogen and oxygen atoms in total. The lowest BCUT2D eigenvalue weighted by molar-refractivity contribution is -0.192. The average Bonchev–Trinajstić information content (AvgIpc) is 3.33. The smallest absolute Gasteiger partial charge is 0.475 e. The van der Waals surface area contributed by atoms with E-state index in [1.165, 1.54) is 0 Å². The molecule has 0 unspecified atom stereocenters. The number of rotatable bonds is 5. The molecule has 4 aromatic rings. The quantitative estimate of drug-likeness (QED) is 0.289. The van der Waals surface area contributed by atoms with Crippen molar-refractivity contribution >= 4 is 33.8 Å². The van der Waals surface area contributed by atoms with E-state index < -0.39 is 12.1 Å². The second-order valence-electron chi connectivity index (χ2n) is 6.92. The van der Waals surface area contributed by atoms with Gasteiger partial charge in [0, 0.05) is 40.3 Å². The first-order valence-corrected chi connectivity index (χ1v) is 9.49. The number of aromatic nitrogens is 4. The fourth-order valence-electron chi connectivity index (χ4n) is 3.07. The molecule has 0 radical (unpaired) electrons. The van der Waals surface area contributed by atoms with Gasteiger partial charge in [-0.2, -0.15) is 13.2 Å². The highest BCUT2D eigenvalue weighted by molar-refractivity contribution is 6.01. The summed E-state index contributed by atoms with van der Waals surface area (Å²) in [6.45, 7) is 5.58. The van der Waals surface area contributed by atoms with Gasteiger partial charge in [-0.05, 0) is 31.5 Å². The normalized spacial score (nSPS) is 11.2. The molecular weight excluding hydrogens is 425 g/mol. The summed E-state index contributed by atoms with van der Waals surface area (Å²) >= 11 is 0. The number of hydrogen-bond acceptors (Lipinski definition) is 4.